The maximum absolute atomic E-state index is 12.2. The molecular formula is C19H17N3O6. The number of para-hydroxylation sites is 2. The monoisotopic (exact) mass is 383 g/mol. The van der Waals surface area contributed by atoms with Gasteiger partial charge in [0.2, 0.25) is 0 Å². The maximum atomic E-state index is 12.2. The first kappa shape index (κ1) is 20.4. The van der Waals surface area contributed by atoms with Crippen LogP contribution < -0.4 is 10.1 Å². The Bertz CT molecular complexity index is 920. The number of carbonyl (C=O) groups is 2. The third kappa shape index (κ3) is 5.28. The molecule has 1 N–H and O–H groups in total. The highest BCUT2D eigenvalue weighted by Crippen LogP contribution is 2.23. The summed E-state index contributed by atoms with van der Waals surface area (Å²) in [4.78, 5) is 34.7. The average Bonchev–Trinajstić information content (AvgIpc) is 2.68. The Morgan fingerprint density at radius 1 is 1.11 bits per heavy atom. The number of ether oxygens (including phenoxy) is 2. The van der Waals surface area contributed by atoms with E-state index >= 15 is 0 Å². The van der Waals surface area contributed by atoms with Crippen LogP contribution in [0.5, 0.6) is 5.75 Å². The lowest BCUT2D eigenvalue weighted by molar-refractivity contribution is -0.383. The van der Waals surface area contributed by atoms with Gasteiger partial charge in [-0.1, -0.05) is 12.1 Å². The van der Waals surface area contributed by atoms with Crippen LogP contribution in [-0.4, -0.2) is 29.0 Å². The van der Waals surface area contributed by atoms with Crippen molar-refractivity contribution in [3.8, 4) is 11.8 Å². The van der Waals surface area contributed by atoms with E-state index in [0.29, 0.717) is 11.3 Å². The summed E-state index contributed by atoms with van der Waals surface area (Å²) in [6.45, 7) is 2.80. The van der Waals surface area contributed by atoms with Crippen LogP contribution in [0.4, 0.5) is 11.4 Å². The molecule has 0 saturated carbocycles. The van der Waals surface area contributed by atoms with Crippen LogP contribution in [0.3, 0.4) is 0 Å². The predicted octanol–water partition coefficient (Wildman–Crippen LogP) is 2.80. The number of nitriles is 1. The largest absolute Gasteiger partial charge is 0.479 e. The van der Waals surface area contributed by atoms with E-state index < -0.39 is 29.0 Å². The van der Waals surface area contributed by atoms with Gasteiger partial charge >= 0.3 is 5.97 Å². The Morgan fingerprint density at radius 3 is 2.36 bits per heavy atom. The smallest absolute Gasteiger partial charge is 0.347 e. The third-order valence-corrected chi connectivity index (χ3v) is 3.65. The van der Waals surface area contributed by atoms with Gasteiger partial charge in [0.25, 0.3) is 11.6 Å². The molecule has 0 fully saturated rings. The molecule has 0 unspecified atom stereocenters. The van der Waals surface area contributed by atoms with Gasteiger partial charge in [-0.15, -0.1) is 0 Å². The fourth-order valence-corrected chi connectivity index (χ4v) is 2.16. The molecule has 0 radical (unpaired) electrons. The van der Waals surface area contributed by atoms with E-state index in [1.807, 2.05) is 6.07 Å². The summed E-state index contributed by atoms with van der Waals surface area (Å²) in [5.74, 6) is -1.14. The van der Waals surface area contributed by atoms with E-state index in [1.165, 1.54) is 62.4 Å². The first-order valence-corrected chi connectivity index (χ1v) is 8.23. The summed E-state index contributed by atoms with van der Waals surface area (Å²) < 4.78 is 10.5. The van der Waals surface area contributed by atoms with E-state index in [0.717, 1.165) is 0 Å². The summed E-state index contributed by atoms with van der Waals surface area (Å²) in [7, 11) is 0. The van der Waals surface area contributed by atoms with Gasteiger partial charge in [0.15, 0.2) is 12.2 Å². The van der Waals surface area contributed by atoms with Crippen LogP contribution in [0.25, 0.3) is 0 Å². The van der Waals surface area contributed by atoms with Gasteiger partial charge in [0.1, 0.15) is 11.4 Å². The number of nitrogens with one attached hydrogen (secondary N) is 1. The zero-order valence-electron chi connectivity index (χ0n) is 15.1. The van der Waals surface area contributed by atoms with Crippen LogP contribution in [-0.2, 0) is 14.3 Å². The molecule has 9 nitrogen and oxygen atoms in total. The first-order valence-electron chi connectivity index (χ1n) is 8.23. The number of anilines is 1. The minimum absolute atomic E-state index is 0.00211. The van der Waals surface area contributed by atoms with Gasteiger partial charge in [0, 0.05) is 6.07 Å². The minimum atomic E-state index is -1.20. The number of amides is 1. The van der Waals surface area contributed by atoms with Crippen molar-refractivity contribution in [1.29, 1.82) is 5.26 Å². The lowest BCUT2D eigenvalue weighted by Crippen LogP contribution is -2.35. The van der Waals surface area contributed by atoms with E-state index in [4.69, 9.17) is 14.7 Å². The SMILES string of the molecule is C[C@H](Oc1ccc(C#N)cc1)C(=O)O[C@H](C)C(=O)Nc1ccccc1[N+](=O)[O-]. The predicted molar refractivity (Wildman–Crippen MR) is 98.5 cm³/mol. The number of esters is 1. The number of hydrogen-bond donors (Lipinski definition) is 1. The fraction of sp³-hybridized carbons (Fsp3) is 0.211. The van der Waals surface area contributed by atoms with Gasteiger partial charge in [-0.05, 0) is 44.2 Å². The molecule has 0 saturated heterocycles. The molecule has 2 aromatic carbocycles. The van der Waals surface area contributed by atoms with Gasteiger partial charge in [-0.2, -0.15) is 5.26 Å². The molecule has 1 amide bonds. The molecule has 28 heavy (non-hydrogen) atoms. The molecule has 0 bridgehead atoms. The fourth-order valence-electron chi connectivity index (χ4n) is 2.16. The van der Waals surface area contributed by atoms with Gasteiger partial charge in [-0.3, -0.25) is 14.9 Å². The van der Waals surface area contributed by atoms with Crippen molar-refractivity contribution in [2.75, 3.05) is 5.32 Å². The lowest BCUT2D eigenvalue weighted by atomic mass is 10.2. The topological polar surface area (TPSA) is 132 Å². The highest BCUT2D eigenvalue weighted by molar-refractivity contribution is 5.97. The van der Waals surface area contributed by atoms with E-state index in [-0.39, 0.29) is 11.4 Å². The highest BCUT2D eigenvalue weighted by Gasteiger charge is 2.25. The Hall–Kier alpha value is -3.93. The average molecular weight is 383 g/mol. The van der Waals surface area contributed by atoms with Crippen molar-refractivity contribution in [2.45, 2.75) is 26.1 Å². The molecule has 0 aliphatic rings. The molecule has 144 valence electrons. The standard InChI is InChI=1S/C19H17N3O6/c1-12(18(23)21-16-5-3-4-6-17(16)22(25)26)28-19(24)13(2)27-15-9-7-14(11-20)8-10-15/h3-10,12-13H,1-2H3,(H,21,23)/t12-,13+/m1/s1. The molecule has 0 spiro atoms. The number of nitro benzene ring substituents is 1. The number of rotatable bonds is 7. The first-order chi connectivity index (χ1) is 13.3. The number of benzene rings is 2. The van der Waals surface area contributed by atoms with Gasteiger partial charge in [0.05, 0.1) is 16.6 Å². The molecule has 2 atom stereocenters. The van der Waals surface area contributed by atoms with Crippen molar-refractivity contribution < 1.29 is 24.0 Å². The van der Waals surface area contributed by atoms with Gasteiger partial charge in [-0.25, -0.2) is 4.79 Å². The molecule has 9 heteroatoms. The number of carbonyl (C=O) groups excluding carboxylic acids is 2. The third-order valence-electron chi connectivity index (χ3n) is 3.65. The van der Waals surface area contributed by atoms with E-state index in [9.17, 15) is 19.7 Å². The number of nitro groups is 1. The second-order valence-electron chi connectivity index (χ2n) is 5.74. The van der Waals surface area contributed by atoms with Crippen LogP contribution >= 0.6 is 0 Å². The van der Waals surface area contributed by atoms with Crippen molar-refractivity contribution in [3.05, 3.63) is 64.2 Å². The van der Waals surface area contributed by atoms with E-state index in [1.54, 1.807) is 0 Å². The van der Waals surface area contributed by atoms with Crippen LogP contribution in [0.1, 0.15) is 19.4 Å². The quantitative estimate of drug-likeness (QED) is 0.442. The van der Waals surface area contributed by atoms with Crippen molar-refractivity contribution in [1.82, 2.24) is 0 Å². The van der Waals surface area contributed by atoms with Crippen LogP contribution in [0.15, 0.2) is 48.5 Å². The van der Waals surface area contributed by atoms with Crippen molar-refractivity contribution in [3.63, 3.8) is 0 Å². The summed E-state index contributed by atoms with van der Waals surface area (Å²) in [6.07, 6.45) is -2.20. The molecular weight excluding hydrogens is 366 g/mol. The lowest BCUT2D eigenvalue weighted by Gasteiger charge is -2.17. The molecule has 0 aliphatic carbocycles. The number of nitrogens with zero attached hydrogens (tertiary/aromatic N) is 2. The van der Waals surface area contributed by atoms with Crippen LogP contribution in [0, 0.1) is 21.4 Å². The van der Waals surface area contributed by atoms with Crippen LogP contribution in [0.2, 0.25) is 0 Å². The van der Waals surface area contributed by atoms with Crippen molar-refractivity contribution in [2.24, 2.45) is 0 Å². The van der Waals surface area contributed by atoms with E-state index in [2.05, 4.69) is 5.32 Å². The summed E-state index contributed by atoms with van der Waals surface area (Å²) >= 11 is 0. The molecule has 2 aromatic rings. The zero-order valence-corrected chi connectivity index (χ0v) is 15.1. The Balaban J connectivity index is 1.94. The maximum Gasteiger partial charge on any atom is 0.347 e. The molecule has 0 aliphatic heterocycles. The Morgan fingerprint density at radius 2 is 1.75 bits per heavy atom. The van der Waals surface area contributed by atoms with Gasteiger partial charge < -0.3 is 14.8 Å². The molecule has 0 aromatic heterocycles. The number of hydrogen-bond acceptors (Lipinski definition) is 7. The summed E-state index contributed by atoms with van der Waals surface area (Å²) in [5, 5.41) is 22.1. The molecule has 2 rings (SSSR count). The molecule has 0 heterocycles. The normalized spacial score (nSPS) is 12.2. The minimum Gasteiger partial charge on any atom is -0.479 e. The summed E-state index contributed by atoms with van der Waals surface area (Å²) in [6, 6.07) is 13.7. The second-order valence-corrected chi connectivity index (χ2v) is 5.74. The van der Waals surface area contributed by atoms with Crippen molar-refractivity contribution >= 4 is 23.3 Å². The second kappa shape index (κ2) is 9.14. The zero-order chi connectivity index (χ0) is 20.7. The summed E-state index contributed by atoms with van der Waals surface area (Å²) in [5.41, 5.74) is 0.178. The highest BCUT2D eigenvalue weighted by atomic mass is 16.6. The Labute approximate surface area is 160 Å². The Kier molecular flexibility index (Phi) is 6.65.